The van der Waals surface area contributed by atoms with E-state index in [0.29, 0.717) is 5.75 Å². The minimum Gasteiger partial charge on any atom is -0.488 e. The average molecular weight is 266 g/mol. The van der Waals surface area contributed by atoms with Crippen LogP contribution in [0.5, 0.6) is 5.75 Å². The molecule has 0 aliphatic heterocycles. The Labute approximate surface area is 114 Å². The Bertz CT molecular complexity index is 386. The van der Waals surface area contributed by atoms with Crippen LogP contribution in [0.3, 0.4) is 0 Å². The highest BCUT2D eigenvalue weighted by Gasteiger charge is 2.14. The van der Waals surface area contributed by atoms with Crippen LogP contribution in [0.2, 0.25) is 0 Å². The van der Waals surface area contributed by atoms with E-state index in [1.54, 1.807) is 12.1 Å². The van der Waals surface area contributed by atoms with Gasteiger partial charge >= 0.3 is 5.97 Å². The molecule has 0 saturated heterocycles. The molecule has 2 atom stereocenters. The summed E-state index contributed by atoms with van der Waals surface area (Å²) in [5.74, 6) is -0.278. The molecule has 1 aromatic rings. The van der Waals surface area contributed by atoms with Crippen LogP contribution in [0.4, 0.5) is 0 Å². The third-order valence-electron chi connectivity index (χ3n) is 2.96. The summed E-state index contributed by atoms with van der Waals surface area (Å²) in [4.78, 5) is 10.7. The number of hydrogen-bond donors (Lipinski definition) is 1. The van der Waals surface area contributed by atoms with Gasteiger partial charge in [-0.1, -0.05) is 13.3 Å². The fraction of sp³-hybridized carbons (Fsp3) is 0.533. The van der Waals surface area contributed by atoms with Gasteiger partial charge in [-0.05, 0) is 44.5 Å². The van der Waals surface area contributed by atoms with Crippen molar-refractivity contribution in [2.24, 2.45) is 0 Å². The van der Waals surface area contributed by atoms with Crippen LogP contribution in [-0.2, 0) is 4.74 Å². The Morgan fingerprint density at radius 3 is 2.37 bits per heavy atom. The highest BCUT2D eigenvalue weighted by atomic mass is 16.5. The molecule has 0 aliphatic carbocycles. The Morgan fingerprint density at radius 2 is 1.84 bits per heavy atom. The Kier molecular flexibility index (Phi) is 6.36. The van der Waals surface area contributed by atoms with Gasteiger partial charge in [-0.3, -0.25) is 0 Å². The summed E-state index contributed by atoms with van der Waals surface area (Å²) in [6, 6.07) is 6.40. The predicted molar refractivity (Wildman–Crippen MR) is 73.8 cm³/mol. The van der Waals surface area contributed by atoms with Crippen LogP contribution in [0, 0.1) is 0 Å². The first-order valence-electron chi connectivity index (χ1n) is 6.66. The van der Waals surface area contributed by atoms with E-state index >= 15 is 0 Å². The van der Waals surface area contributed by atoms with Gasteiger partial charge in [-0.2, -0.15) is 0 Å². The number of carboxylic acids is 1. The summed E-state index contributed by atoms with van der Waals surface area (Å²) in [6.45, 7) is 6.79. The van der Waals surface area contributed by atoms with Gasteiger partial charge in [0.1, 0.15) is 11.9 Å². The van der Waals surface area contributed by atoms with Crippen molar-refractivity contribution in [1.82, 2.24) is 0 Å². The summed E-state index contributed by atoms with van der Waals surface area (Å²) in [7, 11) is 0. The van der Waals surface area contributed by atoms with E-state index in [9.17, 15) is 4.79 Å². The Hall–Kier alpha value is -1.55. The number of carboxylic acid groups (broad SMARTS) is 1. The topological polar surface area (TPSA) is 55.8 Å². The number of benzene rings is 1. The molecule has 0 fully saturated rings. The highest BCUT2D eigenvalue weighted by Crippen LogP contribution is 2.16. The van der Waals surface area contributed by atoms with Gasteiger partial charge in [0, 0.05) is 6.61 Å². The van der Waals surface area contributed by atoms with Crippen molar-refractivity contribution in [3.05, 3.63) is 29.8 Å². The van der Waals surface area contributed by atoms with E-state index in [1.165, 1.54) is 12.1 Å². The first kappa shape index (κ1) is 15.5. The van der Waals surface area contributed by atoms with Gasteiger partial charge in [-0.25, -0.2) is 4.79 Å². The molecule has 0 saturated carbocycles. The maximum absolute atomic E-state index is 10.7. The quantitative estimate of drug-likeness (QED) is 0.733. The summed E-state index contributed by atoms with van der Waals surface area (Å²) >= 11 is 0. The molecule has 0 spiro atoms. The zero-order valence-electron chi connectivity index (χ0n) is 11.8. The second-order valence-corrected chi connectivity index (χ2v) is 4.58. The van der Waals surface area contributed by atoms with Crippen molar-refractivity contribution in [3.8, 4) is 5.75 Å². The van der Waals surface area contributed by atoms with E-state index in [-0.39, 0.29) is 17.8 Å². The van der Waals surface area contributed by atoms with E-state index < -0.39 is 5.97 Å². The molecule has 1 N–H and O–H groups in total. The maximum Gasteiger partial charge on any atom is 0.335 e. The molecule has 0 bridgehead atoms. The number of ether oxygens (including phenoxy) is 2. The lowest BCUT2D eigenvalue weighted by Gasteiger charge is -2.22. The number of hydrogen-bond acceptors (Lipinski definition) is 3. The van der Waals surface area contributed by atoms with E-state index in [2.05, 4.69) is 6.92 Å². The molecular weight excluding hydrogens is 244 g/mol. The van der Waals surface area contributed by atoms with Gasteiger partial charge < -0.3 is 14.6 Å². The van der Waals surface area contributed by atoms with Crippen LogP contribution in [0.1, 0.15) is 44.0 Å². The predicted octanol–water partition coefficient (Wildman–Crippen LogP) is 3.36. The zero-order valence-corrected chi connectivity index (χ0v) is 11.8. The van der Waals surface area contributed by atoms with Crippen LogP contribution in [-0.4, -0.2) is 29.9 Å². The second-order valence-electron chi connectivity index (χ2n) is 4.58. The lowest BCUT2D eigenvalue weighted by molar-refractivity contribution is -0.00817. The third-order valence-corrected chi connectivity index (χ3v) is 2.96. The molecule has 4 heteroatoms. The maximum atomic E-state index is 10.7. The number of rotatable bonds is 8. The van der Waals surface area contributed by atoms with Crippen molar-refractivity contribution in [2.45, 2.75) is 45.8 Å². The van der Waals surface area contributed by atoms with E-state index in [0.717, 1.165) is 19.4 Å². The van der Waals surface area contributed by atoms with E-state index in [4.69, 9.17) is 14.6 Å². The minimum absolute atomic E-state index is 0.00528. The molecule has 1 aromatic carbocycles. The minimum atomic E-state index is -0.934. The highest BCUT2D eigenvalue weighted by molar-refractivity contribution is 5.87. The van der Waals surface area contributed by atoms with Crippen LogP contribution in [0.25, 0.3) is 0 Å². The molecule has 0 unspecified atom stereocenters. The standard InChI is InChI=1S/C15H22O4/c1-4-5-10-18-11(2)12(3)19-14-8-6-13(7-9-14)15(16)17/h6-9,11-12H,4-5,10H2,1-3H3,(H,16,17)/t11-,12-/m1/s1. The van der Waals surface area contributed by atoms with Crippen molar-refractivity contribution in [3.63, 3.8) is 0 Å². The van der Waals surface area contributed by atoms with Crippen molar-refractivity contribution < 1.29 is 19.4 Å². The van der Waals surface area contributed by atoms with Gasteiger partial charge in [0.25, 0.3) is 0 Å². The van der Waals surface area contributed by atoms with E-state index in [1.807, 2.05) is 13.8 Å². The summed E-state index contributed by atoms with van der Waals surface area (Å²) in [5, 5.41) is 8.81. The van der Waals surface area contributed by atoms with Crippen LogP contribution in [0.15, 0.2) is 24.3 Å². The third kappa shape index (κ3) is 5.30. The number of aromatic carboxylic acids is 1. The molecule has 0 radical (unpaired) electrons. The molecule has 0 aromatic heterocycles. The number of carbonyl (C=O) groups is 1. The number of unbranched alkanes of at least 4 members (excludes halogenated alkanes) is 1. The first-order valence-corrected chi connectivity index (χ1v) is 6.66. The summed E-state index contributed by atoms with van der Waals surface area (Å²) in [5.41, 5.74) is 0.257. The first-order chi connectivity index (χ1) is 9.04. The Balaban J connectivity index is 2.46. The van der Waals surface area contributed by atoms with Crippen LogP contribution < -0.4 is 4.74 Å². The molecule has 0 heterocycles. The Morgan fingerprint density at radius 1 is 1.21 bits per heavy atom. The average Bonchev–Trinajstić information content (AvgIpc) is 2.39. The van der Waals surface area contributed by atoms with Gasteiger partial charge in [-0.15, -0.1) is 0 Å². The lowest BCUT2D eigenvalue weighted by atomic mass is 10.2. The second kappa shape index (κ2) is 7.79. The fourth-order valence-electron chi connectivity index (χ4n) is 1.54. The van der Waals surface area contributed by atoms with Gasteiger partial charge in [0.15, 0.2) is 0 Å². The summed E-state index contributed by atoms with van der Waals surface area (Å²) in [6.07, 6.45) is 2.08. The smallest absolute Gasteiger partial charge is 0.335 e. The largest absolute Gasteiger partial charge is 0.488 e. The van der Waals surface area contributed by atoms with Crippen molar-refractivity contribution in [1.29, 1.82) is 0 Å². The SMILES string of the molecule is CCCCO[C@H](C)[C@@H](C)Oc1ccc(C(=O)O)cc1. The monoisotopic (exact) mass is 266 g/mol. The lowest BCUT2D eigenvalue weighted by Crippen LogP contribution is -2.29. The normalized spacial score (nSPS) is 13.8. The zero-order chi connectivity index (χ0) is 14.3. The van der Waals surface area contributed by atoms with Gasteiger partial charge in [0.05, 0.1) is 11.7 Å². The molecule has 0 aliphatic rings. The molecule has 4 nitrogen and oxygen atoms in total. The van der Waals surface area contributed by atoms with Gasteiger partial charge in [0.2, 0.25) is 0 Å². The van der Waals surface area contributed by atoms with Crippen LogP contribution >= 0.6 is 0 Å². The fourth-order valence-corrected chi connectivity index (χ4v) is 1.54. The molecule has 106 valence electrons. The summed E-state index contributed by atoms with van der Waals surface area (Å²) < 4.78 is 11.4. The molecule has 19 heavy (non-hydrogen) atoms. The molecule has 1 rings (SSSR count). The molecule has 0 amide bonds. The molecular formula is C15H22O4. The van der Waals surface area contributed by atoms with Crippen molar-refractivity contribution >= 4 is 5.97 Å². The van der Waals surface area contributed by atoms with Crippen molar-refractivity contribution in [2.75, 3.05) is 6.61 Å².